The maximum atomic E-state index is 8.83. The maximum Gasteiger partial charge on any atom is 0.0434 e. The molecule has 0 fully saturated rings. The minimum absolute atomic E-state index is 0.319. The summed E-state index contributed by atoms with van der Waals surface area (Å²) < 4.78 is 0. The second-order valence-corrected chi connectivity index (χ2v) is 5.30. The van der Waals surface area contributed by atoms with Gasteiger partial charge in [0.1, 0.15) is 0 Å². The second-order valence-electron chi connectivity index (χ2n) is 5.30. The van der Waals surface area contributed by atoms with Crippen molar-refractivity contribution in [2.24, 2.45) is 11.3 Å². The summed E-state index contributed by atoms with van der Waals surface area (Å²) in [5.74, 6) is 0.639. The van der Waals surface area contributed by atoms with E-state index in [9.17, 15) is 0 Å². The van der Waals surface area contributed by atoms with Crippen LogP contribution in [0.3, 0.4) is 0 Å². The fourth-order valence-corrected chi connectivity index (χ4v) is 1.40. The molecule has 1 unspecified atom stereocenters. The minimum atomic E-state index is 0.319. The molecule has 0 amide bonds. The quantitative estimate of drug-likeness (QED) is 0.620. The highest BCUT2D eigenvalue weighted by Crippen LogP contribution is 2.17. The van der Waals surface area contributed by atoms with Gasteiger partial charge < -0.3 is 10.4 Å². The number of hydrogen-bond donors (Lipinski definition) is 2. The summed E-state index contributed by atoms with van der Waals surface area (Å²) in [5, 5.41) is 12.3. The molecule has 2 N–H and O–H groups in total. The van der Waals surface area contributed by atoms with E-state index in [1.807, 2.05) is 0 Å². The van der Waals surface area contributed by atoms with E-state index >= 15 is 0 Å². The molecule has 0 spiro atoms. The van der Waals surface area contributed by atoms with E-state index < -0.39 is 0 Å². The van der Waals surface area contributed by atoms with Crippen molar-refractivity contribution in [1.82, 2.24) is 5.32 Å². The third kappa shape index (κ3) is 8.52. The van der Waals surface area contributed by atoms with Gasteiger partial charge >= 0.3 is 0 Å². The Morgan fingerprint density at radius 1 is 1.29 bits per heavy atom. The standard InChI is InChI=1S/C12H27NO/c1-5-11(6-9-14)10-13-8-7-12(2,3)4/h11,13-14H,5-10H2,1-4H3. The fourth-order valence-electron chi connectivity index (χ4n) is 1.40. The Balaban J connectivity index is 3.42. The Bertz CT molecular complexity index is 129. The average Bonchev–Trinajstić information content (AvgIpc) is 2.08. The van der Waals surface area contributed by atoms with E-state index in [-0.39, 0.29) is 0 Å². The van der Waals surface area contributed by atoms with E-state index in [1.165, 1.54) is 6.42 Å². The van der Waals surface area contributed by atoms with Crippen LogP contribution in [0.5, 0.6) is 0 Å². The first-order chi connectivity index (χ1) is 6.49. The van der Waals surface area contributed by atoms with Crippen molar-refractivity contribution < 1.29 is 5.11 Å². The Morgan fingerprint density at radius 2 is 1.93 bits per heavy atom. The van der Waals surface area contributed by atoms with Gasteiger partial charge in [-0.3, -0.25) is 0 Å². The summed E-state index contributed by atoms with van der Waals surface area (Å²) in [6.07, 6.45) is 3.30. The van der Waals surface area contributed by atoms with Gasteiger partial charge in [0, 0.05) is 6.61 Å². The Morgan fingerprint density at radius 3 is 2.36 bits per heavy atom. The van der Waals surface area contributed by atoms with Crippen LogP contribution in [0.15, 0.2) is 0 Å². The largest absolute Gasteiger partial charge is 0.396 e. The van der Waals surface area contributed by atoms with E-state index in [2.05, 4.69) is 33.0 Å². The van der Waals surface area contributed by atoms with Crippen LogP contribution >= 0.6 is 0 Å². The lowest BCUT2D eigenvalue weighted by Gasteiger charge is -2.20. The summed E-state index contributed by atoms with van der Waals surface area (Å²) >= 11 is 0. The van der Waals surface area contributed by atoms with Crippen LogP contribution in [0.4, 0.5) is 0 Å². The summed E-state index contributed by atoms with van der Waals surface area (Å²) in [6.45, 7) is 11.4. The first-order valence-corrected chi connectivity index (χ1v) is 5.81. The zero-order valence-corrected chi connectivity index (χ0v) is 10.3. The number of hydrogen-bond acceptors (Lipinski definition) is 2. The molecule has 0 aliphatic heterocycles. The number of nitrogens with one attached hydrogen (secondary N) is 1. The predicted octanol–water partition coefficient (Wildman–Crippen LogP) is 2.42. The van der Waals surface area contributed by atoms with Crippen molar-refractivity contribution in [2.75, 3.05) is 19.7 Å². The van der Waals surface area contributed by atoms with Crippen LogP contribution in [0.2, 0.25) is 0 Å². The van der Waals surface area contributed by atoms with Gasteiger partial charge in [0.25, 0.3) is 0 Å². The second kappa shape index (κ2) is 7.24. The predicted molar refractivity (Wildman–Crippen MR) is 62.4 cm³/mol. The summed E-state index contributed by atoms with van der Waals surface area (Å²) in [5.41, 5.74) is 0.422. The lowest BCUT2D eigenvalue weighted by molar-refractivity contribution is 0.249. The number of aliphatic hydroxyl groups excluding tert-OH is 1. The summed E-state index contributed by atoms with van der Waals surface area (Å²) in [6, 6.07) is 0. The van der Waals surface area contributed by atoms with Gasteiger partial charge in [-0.1, -0.05) is 34.1 Å². The highest BCUT2D eigenvalue weighted by atomic mass is 16.3. The maximum absolute atomic E-state index is 8.83. The van der Waals surface area contributed by atoms with Gasteiger partial charge in [-0.25, -0.2) is 0 Å². The Labute approximate surface area is 89.1 Å². The fraction of sp³-hybridized carbons (Fsp3) is 1.00. The topological polar surface area (TPSA) is 32.3 Å². The molecule has 0 heterocycles. The Kier molecular flexibility index (Phi) is 7.20. The molecule has 0 radical (unpaired) electrons. The van der Waals surface area contributed by atoms with Crippen LogP contribution < -0.4 is 5.32 Å². The van der Waals surface area contributed by atoms with Crippen LogP contribution in [0.25, 0.3) is 0 Å². The van der Waals surface area contributed by atoms with Crippen molar-refractivity contribution in [3.05, 3.63) is 0 Å². The van der Waals surface area contributed by atoms with Gasteiger partial charge in [0.15, 0.2) is 0 Å². The summed E-state index contributed by atoms with van der Waals surface area (Å²) in [7, 11) is 0. The van der Waals surface area contributed by atoms with Gasteiger partial charge in [-0.2, -0.15) is 0 Å². The monoisotopic (exact) mass is 201 g/mol. The van der Waals surface area contributed by atoms with E-state index in [1.54, 1.807) is 0 Å². The van der Waals surface area contributed by atoms with Crippen molar-refractivity contribution in [2.45, 2.75) is 47.0 Å². The summed E-state index contributed by atoms with van der Waals surface area (Å²) in [4.78, 5) is 0. The van der Waals surface area contributed by atoms with Crippen molar-refractivity contribution in [3.8, 4) is 0 Å². The first kappa shape index (κ1) is 13.9. The van der Waals surface area contributed by atoms with Crippen LogP contribution in [-0.4, -0.2) is 24.8 Å². The van der Waals surface area contributed by atoms with Crippen molar-refractivity contribution >= 4 is 0 Å². The highest BCUT2D eigenvalue weighted by Gasteiger charge is 2.10. The minimum Gasteiger partial charge on any atom is -0.396 e. The van der Waals surface area contributed by atoms with Crippen molar-refractivity contribution in [1.29, 1.82) is 0 Å². The SMILES string of the molecule is CCC(CCO)CNCCC(C)(C)C. The molecular weight excluding hydrogens is 174 g/mol. The first-order valence-electron chi connectivity index (χ1n) is 5.81. The molecule has 0 aromatic heterocycles. The molecule has 0 saturated carbocycles. The molecule has 2 heteroatoms. The zero-order chi connectivity index (χ0) is 11.0. The normalized spacial score (nSPS) is 14.4. The van der Waals surface area contributed by atoms with Gasteiger partial charge in [-0.15, -0.1) is 0 Å². The van der Waals surface area contributed by atoms with Crippen molar-refractivity contribution in [3.63, 3.8) is 0 Å². The van der Waals surface area contributed by atoms with E-state index in [4.69, 9.17) is 5.11 Å². The molecule has 0 aliphatic carbocycles. The third-order valence-corrected chi connectivity index (χ3v) is 2.60. The van der Waals surface area contributed by atoms with Crippen LogP contribution in [0, 0.1) is 11.3 Å². The molecular formula is C12H27NO. The molecule has 0 aromatic rings. The lowest BCUT2D eigenvalue weighted by atomic mass is 9.92. The molecule has 0 aliphatic rings. The Hall–Kier alpha value is -0.0800. The molecule has 0 saturated heterocycles. The number of aliphatic hydroxyl groups is 1. The van der Waals surface area contributed by atoms with Gasteiger partial charge in [-0.05, 0) is 37.3 Å². The van der Waals surface area contributed by atoms with E-state index in [0.29, 0.717) is 17.9 Å². The highest BCUT2D eigenvalue weighted by molar-refractivity contribution is 4.65. The molecule has 0 bridgehead atoms. The molecule has 86 valence electrons. The lowest BCUT2D eigenvalue weighted by Crippen LogP contribution is -2.26. The molecule has 1 atom stereocenters. The third-order valence-electron chi connectivity index (χ3n) is 2.60. The molecule has 0 rings (SSSR count). The zero-order valence-electron chi connectivity index (χ0n) is 10.3. The van der Waals surface area contributed by atoms with Gasteiger partial charge in [0.2, 0.25) is 0 Å². The molecule has 14 heavy (non-hydrogen) atoms. The average molecular weight is 201 g/mol. The number of rotatable bonds is 7. The van der Waals surface area contributed by atoms with Crippen LogP contribution in [0.1, 0.15) is 47.0 Å². The molecule has 2 nitrogen and oxygen atoms in total. The van der Waals surface area contributed by atoms with Crippen LogP contribution in [-0.2, 0) is 0 Å². The van der Waals surface area contributed by atoms with E-state index in [0.717, 1.165) is 25.9 Å². The van der Waals surface area contributed by atoms with Gasteiger partial charge in [0.05, 0.1) is 0 Å². The molecule has 0 aromatic carbocycles. The smallest absolute Gasteiger partial charge is 0.0434 e.